The second-order valence-electron chi connectivity index (χ2n) is 3.21. The lowest BCUT2D eigenvalue weighted by Gasteiger charge is -2.11. The largest absolute Gasteiger partial charge is 0.396 e. The molecule has 4 N–H and O–H groups in total. The van der Waals surface area contributed by atoms with E-state index in [4.69, 9.17) is 28.3 Å². The Morgan fingerprint density at radius 3 is 2.71 bits per heavy atom. The Morgan fingerprint density at radius 1 is 1.57 bits per heavy atom. The molecule has 1 aromatic rings. The quantitative estimate of drug-likeness (QED) is 0.730. The molecule has 14 heavy (non-hydrogen) atoms. The molecule has 0 aliphatic rings. The molecule has 1 aromatic carbocycles. The lowest BCUT2D eigenvalue weighted by molar-refractivity contribution is 0.774. The molecule has 74 valence electrons. The van der Waals surface area contributed by atoms with Gasteiger partial charge in [0.15, 0.2) is 0 Å². The standard InChI is InChI=1S/C10H12ClN3/c1-6(4-12)7-2-8(5-13)10(14)9(11)3-7/h2-3,6H,4,12,14H2,1H3. The number of nitriles is 1. The topological polar surface area (TPSA) is 75.8 Å². The van der Waals surface area contributed by atoms with Gasteiger partial charge in [0.2, 0.25) is 0 Å². The zero-order valence-electron chi connectivity index (χ0n) is 7.92. The summed E-state index contributed by atoms with van der Waals surface area (Å²) in [7, 11) is 0. The molecular weight excluding hydrogens is 198 g/mol. The molecule has 0 aromatic heterocycles. The molecule has 0 bridgehead atoms. The summed E-state index contributed by atoms with van der Waals surface area (Å²) in [4.78, 5) is 0. The summed E-state index contributed by atoms with van der Waals surface area (Å²) >= 11 is 5.88. The van der Waals surface area contributed by atoms with Gasteiger partial charge in [0.1, 0.15) is 6.07 Å². The van der Waals surface area contributed by atoms with Gasteiger partial charge < -0.3 is 11.5 Å². The second-order valence-corrected chi connectivity index (χ2v) is 3.62. The molecule has 0 heterocycles. The third-order valence-corrected chi connectivity index (χ3v) is 2.51. The van der Waals surface area contributed by atoms with Crippen LogP contribution in [0.15, 0.2) is 12.1 Å². The molecule has 4 heteroatoms. The van der Waals surface area contributed by atoms with Crippen LogP contribution in [0.2, 0.25) is 5.02 Å². The Labute approximate surface area is 88.3 Å². The van der Waals surface area contributed by atoms with Crippen molar-refractivity contribution in [1.29, 1.82) is 5.26 Å². The van der Waals surface area contributed by atoms with Crippen LogP contribution in [0.4, 0.5) is 5.69 Å². The highest BCUT2D eigenvalue weighted by molar-refractivity contribution is 6.33. The van der Waals surface area contributed by atoms with Gasteiger partial charge in [-0.1, -0.05) is 18.5 Å². The zero-order valence-corrected chi connectivity index (χ0v) is 8.67. The number of anilines is 1. The van der Waals surface area contributed by atoms with Crippen molar-refractivity contribution in [3.63, 3.8) is 0 Å². The number of nitrogens with two attached hydrogens (primary N) is 2. The number of halogens is 1. The third kappa shape index (κ3) is 1.98. The minimum atomic E-state index is 0.181. The van der Waals surface area contributed by atoms with Crippen LogP contribution in [0.5, 0.6) is 0 Å². The fraction of sp³-hybridized carbons (Fsp3) is 0.300. The van der Waals surface area contributed by atoms with Gasteiger partial charge in [0, 0.05) is 0 Å². The predicted molar refractivity (Wildman–Crippen MR) is 58.0 cm³/mol. The van der Waals surface area contributed by atoms with Crippen LogP contribution >= 0.6 is 11.6 Å². The maximum atomic E-state index is 8.80. The van der Waals surface area contributed by atoms with E-state index in [2.05, 4.69) is 0 Å². The molecule has 3 nitrogen and oxygen atoms in total. The van der Waals surface area contributed by atoms with Gasteiger partial charge >= 0.3 is 0 Å². The molecule has 0 saturated heterocycles. The maximum absolute atomic E-state index is 8.80. The fourth-order valence-corrected chi connectivity index (χ4v) is 1.38. The maximum Gasteiger partial charge on any atom is 0.101 e. The number of benzene rings is 1. The lowest BCUT2D eigenvalue weighted by Crippen LogP contribution is -2.09. The zero-order chi connectivity index (χ0) is 10.7. The highest BCUT2D eigenvalue weighted by Crippen LogP contribution is 2.27. The Kier molecular flexibility index (Phi) is 3.34. The summed E-state index contributed by atoms with van der Waals surface area (Å²) in [6, 6.07) is 5.50. The third-order valence-electron chi connectivity index (χ3n) is 2.19. The van der Waals surface area contributed by atoms with E-state index < -0.39 is 0 Å². The van der Waals surface area contributed by atoms with Crippen molar-refractivity contribution >= 4 is 17.3 Å². The Hall–Kier alpha value is -1.24. The van der Waals surface area contributed by atoms with Gasteiger partial charge in [-0.15, -0.1) is 0 Å². The second kappa shape index (κ2) is 4.32. The van der Waals surface area contributed by atoms with Gasteiger partial charge in [-0.25, -0.2) is 0 Å². The van der Waals surface area contributed by atoms with Crippen molar-refractivity contribution in [2.45, 2.75) is 12.8 Å². The number of rotatable bonds is 2. The van der Waals surface area contributed by atoms with Crippen molar-refractivity contribution < 1.29 is 0 Å². The summed E-state index contributed by atoms with van der Waals surface area (Å²) in [5.41, 5.74) is 12.8. The van der Waals surface area contributed by atoms with Crippen LogP contribution in [0.1, 0.15) is 24.0 Å². The normalized spacial score (nSPS) is 12.1. The van der Waals surface area contributed by atoms with E-state index in [0.29, 0.717) is 22.8 Å². The predicted octanol–water partition coefficient (Wildman–Crippen LogP) is 1.86. The molecule has 0 radical (unpaired) electrons. The Balaban J connectivity index is 3.24. The lowest BCUT2D eigenvalue weighted by atomic mass is 9.98. The fourth-order valence-electron chi connectivity index (χ4n) is 1.15. The monoisotopic (exact) mass is 209 g/mol. The highest BCUT2D eigenvalue weighted by atomic mass is 35.5. The molecule has 0 saturated carbocycles. The van der Waals surface area contributed by atoms with E-state index in [1.165, 1.54) is 0 Å². The van der Waals surface area contributed by atoms with Gasteiger partial charge in [-0.05, 0) is 30.2 Å². The summed E-state index contributed by atoms with van der Waals surface area (Å²) in [6.45, 7) is 2.49. The Morgan fingerprint density at radius 2 is 2.21 bits per heavy atom. The SMILES string of the molecule is CC(CN)c1cc(Cl)c(N)c(C#N)c1. The molecule has 0 fully saturated rings. The van der Waals surface area contributed by atoms with Crippen molar-refractivity contribution in [2.75, 3.05) is 12.3 Å². The van der Waals surface area contributed by atoms with Gasteiger partial charge in [0.05, 0.1) is 16.3 Å². The summed E-state index contributed by atoms with van der Waals surface area (Å²) in [6.07, 6.45) is 0. The van der Waals surface area contributed by atoms with E-state index >= 15 is 0 Å². The van der Waals surface area contributed by atoms with E-state index in [0.717, 1.165) is 5.56 Å². The summed E-state index contributed by atoms with van der Waals surface area (Å²) in [5.74, 6) is 0.181. The average molecular weight is 210 g/mol. The number of nitrogen functional groups attached to an aromatic ring is 1. The average Bonchev–Trinajstić information content (AvgIpc) is 2.20. The van der Waals surface area contributed by atoms with E-state index in [1.807, 2.05) is 13.0 Å². The first-order valence-electron chi connectivity index (χ1n) is 4.29. The first kappa shape index (κ1) is 10.8. The van der Waals surface area contributed by atoms with Gasteiger partial charge in [0.25, 0.3) is 0 Å². The molecule has 0 spiro atoms. The van der Waals surface area contributed by atoms with Crippen LogP contribution in [0.3, 0.4) is 0 Å². The van der Waals surface area contributed by atoms with Gasteiger partial charge in [-0.2, -0.15) is 5.26 Å². The smallest absolute Gasteiger partial charge is 0.101 e. The van der Waals surface area contributed by atoms with Gasteiger partial charge in [-0.3, -0.25) is 0 Å². The molecule has 0 amide bonds. The van der Waals surface area contributed by atoms with Crippen molar-refractivity contribution in [2.24, 2.45) is 5.73 Å². The van der Waals surface area contributed by atoms with Crippen LogP contribution in [0.25, 0.3) is 0 Å². The van der Waals surface area contributed by atoms with E-state index in [9.17, 15) is 0 Å². The van der Waals surface area contributed by atoms with E-state index in [-0.39, 0.29) is 5.92 Å². The molecule has 0 aliphatic heterocycles. The minimum absolute atomic E-state index is 0.181. The van der Waals surface area contributed by atoms with Crippen LogP contribution in [-0.2, 0) is 0 Å². The first-order valence-corrected chi connectivity index (χ1v) is 4.67. The highest BCUT2D eigenvalue weighted by Gasteiger charge is 2.10. The molecule has 1 rings (SSSR count). The van der Waals surface area contributed by atoms with Crippen molar-refractivity contribution in [3.05, 3.63) is 28.3 Å². The molecule has 0 aliphatic carbocycles. The van der Waals surface area contributed by atoms with Crippen molar-refractivity contribution in [3.8, 4) is 6.07 Å². The molecular formula is C10H12ClN3. The molecule has 1 atom stereocenters. The van der Waals surface area contributed by atoms with Crippen LogP contribution in [0, 0.1) is 11.3 Å². The summed E-state index contributed by atoms with van der Waals surface area (Å²) < 4.78 is 0. The molecule has 1 unspecified atom stereocenters. The number of hydrogen-bond donors (Lipinski definition) is 2. The number of nitrogens with zero attached hydrogens (tertiary/aromatic N) is 1. The van der Waals surface area contributed by atoms with Crippen LogP contribution < -0.4 is 11.5 Å². The van der Waals surface area contributed by atoms with Crippen LogP contribution in [-0.4, -0.2) is 6.54 Å². The minimum Gasteiger partial charge on any atom is -0.396 e. The Bertz CT molecular complexity index is 382. The number of hydrogen-bond acceptors (Lipinski definition) is 3. The first-order chi connectivity index (χ1) is 6.60. The van der Waals surface area contributed by atoms with Crippen molar-refractivity contribution in [1.82, 2.24) is 0 Å². The van der Waals surface area contributed by atoms with E-state index in [1.54, 1.807) is 12.1 Å². The summed E-state index contributed by atoms with van der Waals surface area (Å²) in [5, 5.41) is 9.22.